The second-order valence-corrected chi connectivity index (χ2v) is 5.10. The molecule has 4 heteroatoms. The van der Waals surface area contributed by atoms with Crippen molar-refractivity contribution < 1.29 is 13.2 Å². The molecule has 0 fully saturated rings. The molecular formula is C13H16ClF3. The van der Waals surface area contributed by atoms with E-state index in [1.54, 1.807) is 6.07 Å². The summed E-state index contributed by atoms with van der Waals surface area (Å²) in [6.45, 7) is 5.77. The molecule has 0 nitrogen and oxygen atoms in total. The lowest BCUT2D eigenvalue weighted by molar-refractivity contribution is -0.137. The van der Waals surface area contributed by atoms with Gasteiger partial charge in [-0.1, -0.05) is 39.0 Å². The zero-order chi connectivity index (χ0) is 13.2. The third-order valence-electron chi connectivity index (χ3n) is 2.85. The standard InChI is InChI=1S/C13H16ClF3/c1-8(2)12(14)9(3)10-5-4-6-11(7-10)13(15,16)17/h4-9,12H,1-3H3. The maximum atomic E-state index is 12.6. The molecule has 0 aliphatic rings. The summed E-state index contributed by atoms with van der Waals surface area (Å²) in [5, 5.41) is -0.168. The van der Waals surface area contributed by atoms with Crippen LogP contribution in [0.5, 0.6) is 0 Å². The summed E-state index contributed by atoms with van der Waals surface area (Å²) < 4.78 is 37.7. The monoisotopic (exact) mass is 264 g/mol. The van der Waals surface area contributed by atoms with Crippen molar-refractivity contribution in [3.05, 3.63) is 35.4 Å². The highest BCUT2D eigenvalue weighted by molar-refractivity contribution is 6.21. The molecule has 0 heterocycles. The lowest BCUT2D eigenvalue weighted by atomic mass is 9.90. The summed E-state index contributed by atoms with van der Waals surface area (Å²) in [6, 6.07) is 5.38. The van der Waals surface area contributed by atoms with Gasteiger partial charge < -0.3 is 0 Å². The van der Waals surface area contributed by atoms with Gasteiger partial charge >= 0.3 is 6.18 Å². The number of hydrogen-bond acceptors (Lipinski definition) is 0. The molecule has 0 N–H and O–H groups in total. The molecule has 1 aromatic rings. The van der Waals surface area contributed by atoms with E-state index in [1.807, 2.05) is 20.8 Å². The van der Waals surface area contributed by atoms with Crippen LogP contribution in [0, 0.1) is 5.92 Å². The Kier molecular flexibility index (Phi) is 4.48. The zero-order valence-corrected chi connectivity index (χ0v) is 10.8. The van der Waals surface area contributed by atoms with E-state index in [-0.39, 0.29) is 17.2 Å². The van der Waals surface area contributed by atoms with Crippen molar-refractivity contribution in [3.63, 3.8) is 0 Å². The molecule has 0 saturated heterocycles. The van der Waals surface area contributed by atoms with Gasteiger partial charge in [0.1, 0.15) is 0 Å². The summed E-state index contributed by atoms with van der Waals surface area (Å²) in [6.07, 6.45) is -4.30. The van der Waals surface area contributed by atoms with Gasteiger partial charge in [0.2, 0.25) is 0 Å². The molecular weight excluding hydrogens is 249 g/mol. The minimum absolute atomic E-state index is 0.0982. The highest BCUT2D eigenvalue weighted by Crippen LogP contribution is 2.33. The molecule has 2 unspecified atom stereocenters. The lowest BCUT2D eigenvalue weighted by Gasteiger charge is -2.22. The smallest absolute Gasteiger partial charge is 0.166 e. The van der Waals surface area contributed by atoms with Gasteiger partial charge in [-0.2, -0.15) is 13.2 Å². The summed E-state index contributed by atoms with van der Waals surface area (Å²) in [7, 11) is 0. The van der Waals surface area contributed by atoms with Crippen LogP contribution in [0.3, 0.4) is 0 Å². The van der Waals surface area contributed by atoms with Crippen LogP contribution in [0.25, 0.3) is 0 Å². The van der Waals surface area contributed by atoms with Crippen molar-refractivity contribution >= 4 is 11.6 Å². The molecule has 0 radical (unpaired) electrons. The Morgan fingerprint density at radius 3 is 2.18 bits per heavy atom. The molecule has 1 rings (SSSR count). The molecule has 0 spiro atoms. The van der Waals surface area contributed by atoms with Gasteiger partial charge in [0.15, 0.2) is 0 Å². The van der Waals surface area contributed by atoms with Crippen LogP contribution in [0.1, 0.15) is 37.8 Å². The van der Waals surface area contributed by atoms with Crippen LogP contribution in [0.15, 0.2) is 24.3 Å². The number of benzene rings is 1. The number of halogens is 4. The fraction of sp³-hybridized carbons (Fsp3) is 0.538. The van der Waals surface area contributed by atoms with E-state index >= 15 is 0 Å². The van der Waals surface area contributed by atoms with Gasteiger partial charge in [-0.3, -0.25) is 0 Å². The van der Waals surface area contributed by atoms with Gasteiger partial charge in [-0.25, -0.2) is 0 Å². The molecule has 0 aromatic heterocycles. The maximum absolute atomic E-state index is 12.6. The average molecular weight is 265 g/mol. The Balaban J connectivity index is 3.00. The summed E-state index contributed by atoms with van der Waals surface area (Å²) >= 11 is 6.19. The minimum atomic E-state index is -4.30. The average Bonchev–Trinajstić information content (AvgIpc) is 2.26. The van der Waals surface area contributed by atoms with Crippen LogP contribution in [-0.4, -0.2) is 5.38 Å². The third kappa shape index (κ3) is 3.63. The normalized spacial score (nSPS) is 16.0. The first-order valence-electron chi connectivity index (χ1n) is 5.54. The maximum Gasteiger partial charge on any atom is 0.416 e. The Bertz CT molecular complexity index is 371. The van der Waals surface area contributed by atoms with E-state index in [2.05, 4.69) is 0 Å². The molecule has 0 amide bonds. The highest BCUT2D eigenvalue weighted by Gasteiger charge is 2.31. The van der Waals surface area contributed by atoms with E-state index in [0.29, 0.717) is 5.56 Å². The van der Waals surface area contributed by atoms with Gasteiger partial charge in [0.25, 0.3) is 0 Å². The Morgan fingerprint density at radius 1 is 1.12 bits per heavy atom. The quantitative estimate of drug-likeness (QED) is 0.669. The second-order valence-electron chi connectivity index (χ2n) is 4.60. The molecule has 0 bridgehead atoms. The minimum Gasteiger partial charge on any atom is -0.166 e. The molecule has 2 atom stereocenters. The van der Waals surface area contributed by atoms with E-state index < -0.39 is 11.7 Å². The van der Waals surface area contributed by atoms with Crippen LogP contribution in [0.4, 0.5) is 13.2 Å². The molecule has 17 heavy (non-hydrogen) atoms. The molecule has 1 aromatic carbocycles. The highest BCUT2D eigenvalue weighted by atomic mass is 35.5. The van der Waals surface area contributed by atoms with Gasteiger partial charge in [0, 0.05) is 5.38 Å². The fourth-order valence-corrected chi connectivity index (χ4v) is 1.90. The fourth-order valence-electron chi connectivity index (χ4n) is 1.76. The molecule has 0 aliphatic heterocycles. The van der Waals surface area contributed by atoms with Crippen molar-refractivity contribution in [1.29, 1.82) is 0 Å². The van der Waals surface area contributed by atoms with Gasteiger partial charge in [-0.15, -0.1) is 11.6 Å². The summed E-state index contributed by atoms with van der Waals surface area (Å²) in [5.74, 6) is 0.125. The largest absolute Gasteiger partial charge is 0.416 e. The third-order valence-corrected chi connectivity index (χ3v) is 3.74. The molecule has 0 saturated carbocycles. The number of hydrogen-bond donors (Lipinski definition) is 0. The van der Waals surface area contributed by atoms with Crippen molar-refractivity contribution in [2.24, 2.45) is 5.92 Å². The number of alkyl halides is 4. The topological polar surface area (TPSA) is 0 Å². The van der Waals surface area contributed by atoms with E-state index in [1.165, 1.54) is 12.1 Å². The predicted octanol–water partition coefficient (Wildman–Crippen LogP) is 5.07. The number of rotatable bonds is 3. The first-order chi connectivity index (χ1) is 7.73. The summed E-state index contributed by atoms with van der Waals surface area (Å²) in [4.78, 5) is 0. The lowest BCUT2D eigenvalue weighted by Crippen LogP contribution is -2.17. The Hall–Kier alpha value is -0.700. The second kappa shape index (κ2) is 5.30. The van der Waals surface area contributed by atoms with Crippen molar-refractivity contribution in [2.75, 3.05) is 0 Å². The Labute approximate surface area is 105 Å². The predicted molar refractivity (Wildman–Crippen MR) is 64.3 cm³/mol. The molecule has 96 valence electrons. The van der Waals surface area contributed by atoms with Crippen molar-refractivity contribution in [2.45, 2.75) is 38.2 Å². The van der Waals surface area contributed by atoms with Crippen molar-refractivity contribution in [3.8, 4) is 0 Å². The van der Waals surface area contributed by atoms with E-state index in [0.717, 1.165) is 6.07 Å². The zero-order valence-electron chi connectivity index (χ0n) is 10.1. The van der Waals surface area contributed by atoms with Gasteiger partial charge in [0.05, 0.1) is 5.56 Å². The van der Waals surface area contributed by atoms with Crippen molar-refractivity contribution in [1.82, 2.24) is 0 Å². The van der Waals surface area contributed by atoms with E-state index in [4.69, 9.17) is 11.6 Å². The first-order valence-corrected chi connectivity index (χ1v) is 5.98. The summed E-state index contributed by atoms with van der Waals surface area (Å²) in [5.41, 5.74) is 0.0167. The van der Waals surface area contributed by atoms with Crippen LogP contribution < -0.4 is 0 Å². The SMILES string of the molecule is CC(C)C(Cl)C(C)c1cccc(C(F)(F)F)c1. The van der Waals surface area contributed by atoms with E-state index in [9.17, 15) is 13.2 Å². The Morgan fingerprint density at radius 2 is 1.71 bits per heavy atom. The van der Waals surface area contributed by atoms with Gasteiger partial charge in [-0.05, 0) is 23.5 Å². The first kappa shape index (κ1) is 14.4. The van der Waals surface area contributed by atoms with Crippen LogP contribution in [0.2, 0.25) is 0 Å². The van der Waals surface area contributed by atoms with Crippen LogP contribution in [-0.2, 0) is 6.18 Å². The van der Waals surface area contributed by atoms with Crippen LogP contribution >= 0.6 is 11.6 Å². The molecule has 0 aliphatic carbocycles.